The average Bonchev–Trinajstić information content (AvgIpc) is 3.22. The lowest BCUT2D eigenvalue weighted by atomic mass is 10.2. The van der Waals surface area contributed by atoms with Gasteiger partial charge in [0.05, 0.1) is 16.9 Å². The molecule has 0 atom stereocenters. The van der Waals surface area contributed by atoms with Crippen molar-refractivity contribution in [3.05, 3.63) is 83.8 Å². The van der Waals surface area contributed by atoms with E-state index in [1.807, 2.05) is 0 Å². The van der Waals surface area contributed by atoms with Crippen LogP contribution in [-0.2, 0) is 16.4 Å². The van der Waals surface area contributed by atoms with Gasteiger partial charge in [0.2, 0.25) is 9.84 Å². The molecule has 8 heteroatoms. The van der Waals surface area contributed by atoms with Gasteiger partial charge >= 0.3 is 0 Å². The third kappa shape index (κ3) is 4.15. The first-order chi connectivity index (χ1) is 14.9. The molecule has 4 aromatic rings. The second kappa shape index (κ2) is 8.23. The van der Waals surface area contributed by atoms with Crippen molar-refractivity contribution in [1.29, 1.82) is 0 Å². The molecule has 0 aliphatic rings. The normalized spacial score (nSPS) is 11.4. The number of hydrogen-bond donors (Lipinski definition) is 2. The minimum atomic E-state index is -3.65. The topological polar surface area (TPSA) is 101 Å². The first-order valence-electron chi connectivity index (χ1n) is 9.58. The number of ether oxygens (including phenoxy) is 1. The molecule has 2 heterocycles. The number of H-pyrrole nitrogens is 1. The van der Waals surface area contributed by atoms with Crippen molar-refractivity contribution in [3.8, 4) is 5.75 Å². The number of nitrogens with one attached hydrogen (secondary N) is 2. The van der Waals surface area contributed by atoms with E-state index in [-0.39, 0.29) is 22.2 Å². The van der Waals surface area contributed by atoms with Crippen LogP contribution in [0.4, 0.5) is 0 Å². The van der Waals surface area contributed by atoms with E-state index < -0.39 is 9.84 Å². The van der Waals surface area contributed by atoms with Crippen LogP contribution in [0, 0.1) is 6.92 Å². The number of amides is 1. The predicted molar refractivity (Wildman–Crippen MR) is 117 cm³/mol. The Morgan fingerprint density at radius 2 is 1.87 bits per heavy atom. The summed E-state index contributed by atoms with van der Waals surface area (Å²) in [7, 11) is -2.12. The van der Waals surface area contributed by atoms with E-state index in [0.29, 0.717) is 17.0 Å². The molecular weight excluding hydrogens is 414 g/mol. The molecule has 1 amide bonds. The van der Waals surface area contributed by atoms with Gasteiger partial charge in [-0.25, -0.2) is 8.42 Å². The van der Waals surface area contributed by atoms with E-state index in [0.717, 1.165) is 16.5 Å². The second-order valence-electron chi connectivity index (χ2n) is 7.11. The molecule has 0 spiro atoms. The van der Waals surface area contributed by atoms with Gasteiger partial charge in [0.15, 0.2) is 0 Å². The van der Waals surface area contributed by atoms with Gasteiger partial charge in [0.25, 0.3) is 5.91 Å². The molecule has 7 nitrogen and oxygen atoms in total. The molecule has 0 bridgehead atoms. The molecule has 4 rings (SSSR count). The summed E-state index contributed by atoms with van der Waals surface area (Å²) in [4.78, 5) is 19.9. The van der Waals surface area contributed by atoms with Gasteiger partial charge in [0.1, 0.15) is 11.4 Å². The number of sulfone groups is 1. The van der Waals surface area contributed by atoms with E-state index in [1.54, 1.807) is 73.9 Å². The SMILES string of the molecule is COc1ccc(S(=O)(=O)c2ccc(CNC(=O)c3cc4cnccc4[nH]3)cc2)c(C)c1. The minimum absolute atomic E-state index is 0.193. The fraction of sp³-hybridized carbons (Fsp3) is 0.130. The number of hydrogen-bond acceptors (Lipinski definition) is 5. The van der Waals surface area contributed by atoms with Gasteiger partial charge in [0, 0.05) is 29.8 Å². The molecule has 158 valence electrons. The number of pyridine rings is 1. The van der Waals surface area contributed by atoms with E-state index >= 15 is 0 Å². The number of methoxy groups -OCH3 is 1. The highest BCUT2D eigenvalue weighted by molar-refractivity contribution is 7.91. The van der Waals surface area contributed by atoms with E-state index in [1.165, 1.54) is 7.11 Å². The van der Waals surface area contributed by atoms with Gasteiger partial charge in [-0.15, -0.1) is 0 Å². The van der Waals surface area contributed by atoms with Crippen LogP contribution in [0.2, 0.25) is 0 Å². The number of aromatic amines is 1. The van der Waals surface area contributed by atoms with Crippen LogP contribution in [-0.4, -0.2) is 31.4 Å². The number of aryl methyl sites for hydroxylation is 1. The summed E-state index contributed by atoms with van der Waals surface area (Å²) in [5, 5.41) is 3.69. The van der Waals surface area contributed by atoms with Crippen LogP contribution >= 0.6 is 0 Å². The Labute approximate surface area is 180 Å². The Morgan fingerprint density at radius 1 is 1.10 bits per heavy atom. The maximum absolute atomic E-state index is 13.0. The fourth-order valence-electron chi connectivity index (χ4n) is 3.34. The summed E-state index contributed by atoms with van der Waals surface area (Å²) in [5.41, 5.74) is 2.68. The highest BCUT2D eigenvalue weighted by atomic mass is 32.2. The van der Waals surface area contributed by atoms with Crippen molar-refractivity contribution in [2.45, 2.75) is 23.3 Å². The molecule has 2 aromatic heterocycles. The number of carbonyl (C=O) groups excluding carboxylic acids is 1. The van der Waals surface area contributed by atoms with Crippen molar-refractivity contribution in [3.63, 3.8) is 0 Å². The number of nitrogens with zero attached hydrogens (tertiary/aromatic N) is 1. The predicted octanol–water partition coefficient (Wildman–Crippen LogP) is 3.64. The number of rotatable bonds is 6. The lowest BCUT2D eigenvalue weighted by molar-refractivity contribution is 0.0946. The molecule has 0 aliphatic carbocycles. The minimum Gasteiger partial charge on any atom is -0.497 e. The van der Waals surface area contributed by atoms with Gasteiger partial charge in [-0.1, -0.05) is 12.1 Å². The summed E-state index contributed by atoms with van der Waals surface area (Å²) in [5.74, 6) is 0.357. The number of carbonyl (C=O) groups is 1. The summed E-state index contributed by atoms with van der Waals surface area (Å²) in [6, 6.07) is 14.9. The second-order valence-corrected chi connectivity index (χ2v) is 9.03. The lowest BCUT2D eigenvalue weighted by Gasteiger charge is -2.10. The van der Waals surface area contributed by atoms with Crippen LogP contribution in [0.3, 0.4) is 0 Å². The highest BCUT2D eigenvalue weighted by Gasteiger charge is 2.20. The van der Waals surface area contributed by atoms with Gasteiger partial charge in [-0.2, -0.15) is 0 Å². The van der Waals surface area contributed by atoms with E-state index in [4.69, 9.17) is 4.74 Å². The Morgan fingerprint density at radius 3 is 2.55 bits per heavy atom. The first-order valence-corrected chi connectivity index (χ1v) is 11.1. The van der Waals surface area contributed by atoms with Gasteiger partial charge in [-0.05, 0) is 60.5 Å². The Kier molecular flexibility index (Phi) is 5.48. The molecular formula is C23H21N3O4S. The number of benzene rings is 2. The van der Waals surface area contributed by atoms with Crippen LogP contribution in [0.1, 0.15) is 21.6 Å². The highest BCUT2D eigenvalue weighted by Crippen LogP contribution is 2.27. The van der Waals surface area contributed by atoms with Crippen LogP contribution in [0.25, 0.3) is 10.9 Å². The van der Waals surface area contributed by atoms with E-state index in [9.17, 15) is 13.2 Å². The smallest absolute Gasteiger partial charge is 0.267 e. The largest absolute Gasteiger partial charge is 0.497 e. The van der Waals surface area contributed by atoms with Crippen molar-refractivity contribution in [1.82, 2.24) is 15.3 Å². The van der Waals surface area contributed by atoms with Crippen molar-refractivity contribution in [2.24, 2.45) is 0 Å². The van der Waals surface area contributed by atoms with Gasteiger partial charge in [-0.3, -0.25) is 9.78 Å². The monoisotopic (exact) mass is 435 g/mol. The number of fused-ring (bicyclic) bond motifs is 1. The maximum Gasteiger partial charge on any atom is 0.267 e. The molecule has 0 aliphatic heterocycles. The molecule has 0 radical (unpaired) electrons. The van der Waals surface area contributed by atoms with Crippen molar-refractivity contribution in [2.75, 3.05) is 7.11 Å². The van der Waals surface area contributed by atoms with Crippen molar-refractivity contribution < 1.29 is 17.9 Å². The third-order valence-corrected chi connectivity index (χ3v) is 6.95. The summed E-state index contributed by atoms with van der Waals surface area (Å²) in [6.45, 7) is 2.01. The Hall–Kier alpha value is -3.65. The zero-order valence-corrected chi connectivity index (χ0v) is 17.9. The van der Waals surface area contributed by atoms with E-state index in [2.05, 4.69) is 15.3 Å². The van der Waals surface area contributed by atoms with Crippen LogP contribution < -0.4 is 10.1 Å². The Balaban J connectivity index is 1.47. The fourth-order valence-corrected chi connectivity index (χ4v) is 4.81. The van der Waals surface area contributed by atoms with Gasteiger partial charge < -0.3 is 15.0 Å². The molecule has 0 fully saturated rings. The maximum atomic E-state index is 13.0. The summed E-state index contributed by atoms with van der Waals surface area (Å²) < 4.78 is 31.1. The first kappa shape index (κ1) is 20.6. The molecule has 2 N–H and O–H groups in total. The Bertz CT molecular complexity index is 1330. The molecule has 0 unspecified atom stereocenters. The zero-order valence-electron chi connectivity index (χ0n) is 17.0. The number of aromatic nitrogens is 2. The van der Waals surface area contributed by atoms with Crippen molar-refractivity contribution >= 4 is 26.6 Å². The lowest BCUT2D eigenvalue weighted by Crippen LogP contribution is -2.23. The van der Waals surface area contributed by atoms with Crippen LogP contribution in [0.5, 0.6) is 5.75 Å². The quantitative estimate of drug-likeness (QED) is 0.482. The van der Waals surface area contributed by atoms with Crippen LogP contribution in [0.15, 0.2) is 76.8 Å². The zero-order chi connectivity index (χ0) is 22.0. The molecule has 31 heavy (non-hydrogen) atoms. The molecule has 0 saturated heterocycles. The third-order valence-electron chi connectivity index (χ3n) is 5.02. The molecule has 2 aromatic carbocycles. The summed E-state index contributed by atoms with van der Waals surface area (Å²) >= 11 is 0. The summed E-state index contributed by atoms with van der Waals surface area (Å²) in [6.07, 6.45) is 3.34. The average molecular weight is 436 g/mol. The standard InChI is InChI=1S/C23H21N3O4S/c1-15-11-18(30-2)5-8-22(15)31(28,29)19-6-3-16(4-7-19)13-25-23(27)21-12-17-14-24-10-9-20(17)26-21/h3-12,14,26H,13H2,1-2H3,(H,25,27). The molecule has 0 saturated carbocycles.